The Morgan fingerprint density at radius 2 is 1.88 bits per heavy atom. The molecule has 0 atom stereocenters. The first-order chi connectivity index (χ1) is 7.18. The summed E-state index contributed by atoms with van der Waals surface area (Å²) in [4.78, 5) is 6.08. The summed E-state index contributed by atoms with van der Waals surface area (Å²) in [6.45, 7) is 1.89. The van der Waals surface area contributed by atoms with E-state index in [2.05, 4.69) is 9.88 Å². The third-order valence-corrected chi connectivity index (χ3v) is 2.62. The van der Waals surface area contributed by atoms with Crippen LogP contribution < -0.4 is 16.3 Å². The summed E-state index contributed by atoms with van der Waals surface area (Å²) in [6.07, 6.45) is 3.53. The molecule has 7 nitrogen and oxygen atoms in total. The summed E-state index contributed by atoms with van der Waals surface area (Å²) in [5.41, 5.74) is 5.33. The lowest BCUT2D eigenvalue weighted by Crippen LogP contribution is -2.33. The molecule has 1 aromatic rings. The Kier molecular flexibility index (Phi) is 5.77. The highest BCUT2D eigenvalue weighted by molar-refractivity contribution is 5.85. The van der Waals surface area contributed by atoms with Gasteiger partial charge >= 0.3 is 0 Å². The topological polar surface area (TPSA) is 123 Å². The molecule has 0 unspecified atom stereocenters. The van der Waals surface area contributed by atoms with Crippen LogP contribution >= 0.6 is 12.4 Å². The Morgan fingerprint density at radius 1 is 1.29 bits per heavy atom. The first-order valence-electron chi connectivity index (χ1n) is 5.07. The number of aromatic nitrogens is 2. The lowest BCUT2D eigenvalue weighted by atomic mass is 10.1. The fraction of sp³-hybridized carbons (Fsp3) is 0.556. The number of rotatable bonds is 1. The zero-order chi connectivity index (χ0) is 10.8. The van der Waals surface area contributed by atoms with Crippen molar-refractivity contribution in [3.63, 3.8) is 0 Å². The Morgan fingerprint density at radius 3 is 2.41 bits per heavy atom. The van der Waals surface area contributed by atoms with E-state index < -0.39 is 0 Å². The van der Waals surface area contributed by atoms with E-state index in [1.807, 2.05) is 0 Å². The van der Waals surface area contributed by atoms with Gasteiger partial charge in [0, 0.05) is 19.2 Å². The predicted octanol–water partition coefficient (Wildman–Crippen LogP) is -0.231. The van der Waals surface area contributed by atoms with Gasteiger partial charge in [0.1, 0.15) is 11.6 Å². The van der Waals surface area contributed by atoms with E-state index in [4.69, 9.17) is 11.1 Å². The largest absolute Gasteiger partial charge is 0.423 e. The highest BCUT2D eigenvalue weighted by Crippen LogP contribution is 2.17. The average molecular weight is 264 g/mol. The maximum Gasteiger partial charge on any atom is 0.259 e. The lowest BCUT2D eigenvalue weighted by Gasteiger charge is -2.27. The molecular formula is C9H18ClN5O2. The van der Waals surface area contributed by atoms with E-state index in [1.54, 1.807) is 6.07 Å². The number of piperidine rings is 1. The van der Waals surface area contributed by atoms with Gasteiger partial charge in [0.2, 0.25) is 0 Å². The van der Waals surface area contributed by atoms with Crippen molar-refractivity contribution in [1.82, 2.24) is 9.71 Å². The standard InChI is InChI=1S/C9H15N5O.ClH.H2O/c10-7-6-8(12-9(11)14(7)15)13-4-2-1-3-5-13;;/h6,11,15H,1-5,10H2;1H;1H2. The highest BCUT2D eigenvalue weighted by atomic mass is 35.5. The van der Waals surface area contributed by atoms with Crippen LogP contribution in [0.2, 0.25) is 0 Å². The number of hydrogen-bond donors (Lipinski definition) is 3. The molecule has 1 saturated heterocycles. The molecule has 0 aliphatic carbocycles. The van der Waals surface area contributed by atoms with Crippen molar-refractivity contribution in [1.29, 1.82) is 5.41 Å². The molecule has 98 valence electrons. The van der Waals surface area contributed by atoms with Crippen molar-refractivity contribution >= 4 is 24.0 Å². The molecule has 1 aliphatic rings. The fourth-order valence-corrected chi connectivity index (χ4v) is 1.79. The smallest absolute Gasteiger partial charge is 0.259 e. The summed E-state index contributed by atoms with van der Waals surface area (Å²) >= 11 is 0. The van der Waals surface area contributed by atoms with Gasteiger partial charge in [-0.1, -0.05) is 0 Å². The van der Waals surface area contributed by atoms with Crippen molar-refractivity contribution in [2.24, 2.45) is 0 Å². The molecule has 8 heteroatoms. The molecule has 0 amide bonds. The van der Waals surface area contributed by atoms with Gasteiger partial charge in [-0.3, -0.25) is 5.41 Å². The molecule has 0 radical (unpaired) electrons. The molecular weight excluding hydrogens is 246 g/mol. The summed E-state index contributed by atoms with van der Waals surface area (Å²) in [5.74, 6) is 0.832. The second kappa shape index (κ2) is 6.31. The van der Waals surface area contributed by atoms with Crippen molar-refractivity contribution in [3.8, 4) is 0 Å². The fourth-order valence-electron chi connectivity index (χ4n) is 1.79. The van der Waals surface area contributed by atoms with Crippen LogP contribution in [0, 0.1) is 5.41 Å². The van der Waals surface area contributed by atoms with E-state index >= 15 is 0 Å². The van der Waals surface area contributed by atoms with E-state index in [-0.39, 0.29) is 29.3 Å². The van der Waals surface area contributed by atoms with Crippen LogP contribution in [0.5, 0.6) is 0 Å². The molecule has 2 heterocycles. The first kappa shape index (κ1) is 15.5. The monoisotopic (exact) mass is 263 g/mol. The molecule has 0 saturated carbocycles. The van der Waals surface area contributed by atoms with Gasteiger partial charge in [-0.2, -0.15) is 4.98 Å². The number of nitrogens with two attached hydrogens (primary N) is 1. The number of hydrogen-bond acceptors (Lipinski definition) is 5. The molecule has 1 aromatic heterocycles. The van der Waals surface area contributed by atoms with Gasteiger partial charge in [-0.05, 0) is 19.3 Å². The van der Waals surface area contributed by atoms with Gasteiger partial charge in [0.05, 0.1) is 0 Å². The van der Waals surface area contributed by atoms with Crippen LogP contribution in [0.1, 0.15) is 19.3 Å². The van der Waals surface area contributed by atoms with Crippen LogP contribution in [-0.2, 0) is 0 Å². The average Bonchev–Trinajstić information content (AvgIpc) is 2.26. The predicted molar refractivity (Wildman–Crippen MR) is 66.6 cm³/mol. The number of nitrogens with zero attached hydrogens (tertiary/aromatic N) is 3. The van der Waals surface area contributed by atoms with Crippen LogP contribution in [0.25, 0.3) is 0 Å². The van der Waals surface area contributed by atoms with E-state index in [9.17, 15) is 5.21 Å². The number of anilines is 2. The van der Waals surface area contributed by atoms with Crippen molar-refractivity contribution in [2.75, 3.05) is 23.7 Å². The molecule has 6 N–H and O–H groups in total. The van der Waals surface area contributed by atoms with Crippen molar-refractivity contribution in [3.05, 3.63) is 11.7 Å². The maximum absolute atomic E-state index is 9.25. The van der Waals surface area contributed by atoms with E-state index in [0.717, 1.165) is 25.9 Å². The summed E-state index contributed by atoms with van der Waals surface area (Å²) < 4.78 is 0.577. The van der Waals surface area contributed by atoms with Crippen LogP contribution in [0.15, 0.2) is 6.07 Å². The third kappa shape index (κ3) is 3.24. The Labute approximate surface area is 105 Å². The van der Waals surface area contributed by atoms with Crippen LogP contribution in [0.3, 0.4) is 0 Å². The molecule has 2 rings (SSSR count). The normalized spacial score (nSPS) is 14.7. The zero-order valence-corrected chi connectivity index (χ0v) is 10.2. The van der Waals surface area contributed by atoms with E-state index in [0.29, 0.717) is 10.5 Å². The summed E-state index contributed by atoms with van der Waals surface area (Å²) in [6, 6.07) is 1.60. The van der Waals surface area contributed by atoms with Crippen molar-refractivity contribution in [2.45, 2.75) is 19.3 Å². The van der Waals surface area contributed by atoms with Gasteiger partial charge in [-0.25, -0.2) is 0 Å². The zero-order valence-electron chi connectivity index (χ0n) is 9.39. The second-order valence-electron chi connectivity index (χ2n) is 3.72. The Balaban J connectivity index is 0.00000128. The molecule has 0 aromatic carbocycles. The minimum atomic E-state index is -0.226. The molecule has 0 bridgehead atoms. The first-order valence-corrected chi connectivity index (χ1v) is 5.07. The Bertz CT molecular complexity index is 416. The van der Waals surface area contributed by atoms with E-state index in [1.165, 1.54) is 6.42 Å². The third-order valence-electron chi connectivity index (χ3n) is 2.62. The minimum Gasteiger partial charge on any atom is -0.423 e. The van der Waals surface area contributed by atoms with Gasteiger partial charge in [0.25, 0.3) is 5.62 Å². The molecule has 17 heavy (non-hydrogen) atoms. The number of nitrogens with one attached hydrogen (secondary N) is 1. The molecule has 0 spiro atoms. The van der Waals surface area contributed by atoms with Gasteiger partial charge in [-0.15, -0.1) is 17.1 Å². The summed E-state index contributed by atoms with van der Waals surface area (Å²) in [5, 5.41) is 16.7. The number of halogens is 1. The van der Waals surface area contributed by atoms with Crippen LogP contribution in [-0.4, -0.2) is 33.5 Å². The highest BCUT2D eigenvalue weighted by Gasteiger charge is 2.13. The minimum absolute atomic E-state index is 0. The Hall–Kier alpha value is -1.47. The van der Waals surface area contributed by atoms with Crippen molar-refractivity contribution < 1.29 is 10.7 Å². The number of nitrogen functional groups attached to an aromatic ring is 1. The van der Waals surface area contributed by atoms with Gasteiger partial charge in [0.15, 0.2) is 0 Å². The SMILES string of the molecule is Cl.N=c1nc(N2CCCCC2)cc(N)n1O.O. The summed E-state index contributed by atoms with van der Waals surface area (Å²) in [7, 11) is 0. The lowest BCUT2D eigenvalue weighted by molar-refractivity contribution is 0.171. The molecule has 1 aliphatic heterocycles. The second-order valence-corrected chi connectivity index (χ2v) is 3.72. The van der Waals surface area contributed by atoms with Gasteiger partial charge < -0.3 is 21.3 Å². The molecule has 1 fully saturated rings. The quantitative estimate of drug-likeness (QED) is 0.606. The maximum atomic E-state index is 9.25. The van der Waals surface area contributed by atoms with Crippen LogP contribution in [0.4, 0.5) is 11.6 Å².